The number of carbonyl (C=O) groups excluding carboxylic acids is 1. The van der Waals surface area contributed by atoms with Crippen LogP contribution in [0.4, 0.5) is 9.52 Å². The van der Waals surface area contributed by atoms with E-state index in [0.717, 1.165) is 39.1 Å². The SMILES string of the molecule is Cc1nc(-c2ccc(F)cc2)sc1C(=O)N1CCN(c2nc3cccnc3s2)CC1. The van der Waals surface area contributed by atoms with Crippen LogP contribution in [0.5, 0.6) is 0 Å². The molecule has 0 unspecified atom stereocenters. The number of hydrogen-bond donors (Lipinski definition) is 0. The van der Waals surface area contributed by atoms with Gasteiger partial charge in [0.2, 0.25) is 0 Å². The predicted molar refractivity (Wildman–Crippen MR) is 118 cm³/mol. The van der Waals surface area contributed by atoms with Crippen molar-refractivity contribution in [1.82, 2.24) is 19.9 Å². The molecule has 0 spiro atoms. The van der Waals surface area contributed by atoms with Gasteiger partial charge in [0, 0.05) is 37.9 Å². The molecule has 1 aromatic carbocycles. The van der Waals surface area contributed by atoms with Gasteiger partial charge >= 0.3 is 0 Å². The summed E-state index contributed by atoms with van der Waals surface area (Å²) in [6.07, 6.45) is 1.78. The molecule has 9 heteroatoms. The zero-order chi connectivity index (χ0) is 20.7. The van der Waals surface area contributed by atoms with Crippen LogP contribution in [0.1, 0.15) is 15.4 Å². The molecule has 0 aliphatic carbocycles. The van der Waals surface area contributed by atoms with Crippen LogP contribution in [0.2, 0.25) is 0 Å². The van der Waals surface area contributed by atoms with Gasteiger partial charge in [0.25, 0.3) is 5.91 Å². The number of rotatable bonds is 3. The summed E-state index contributed by atoms with van der Waals surface area (Å²) >= 11 is 2.94. The number of anilines is 1. The number of carbonyl (C=O) groups is 1. The highest BCUT2D eigenvalue weighted by Gasteiger charge is 2.27. The standard InChI is InChI=1S/C21H18FN5OS2/c1-13-17(29-18(24-13)14-4-6-15(22)7-5-14)20(28)26-9-11-27(12-10-26)21-25-16-3-2-8-23-19(16)30-21/h2-8H,9-12H2,1H3. The van der Waals surface area contributed by atoms with Crippen LogP contribution >= 0.6 is 22.7 Å². The quantitative estimate of drug-likeness (QED) is 0.478. The average molecular weight is 440 g/mol. The lowest BCUT2D eigenvalue weighted by molar-refractivity contribution is 0.0750. The molecular weight excluding hydrogens is 421 g/mol. The van der Waals surface area contributed by atoms with Crippen molar-refractivity contribution in [1.29, 1.82) is 0 Å². The Bertz CT molecular complexity index is 1180. The molecule has 0 bridgehead atoms. The van der Waals surface area contributed by atoms with Crippen molar-refractivity contribution < 1.29 is 9.18 Å². The van der Waals surface area contributed by atoms with Crippen LogP contribution < -0.4 is 4.90 Å². The maximum atomic E-state index is 13.2. The van der Waals surface area contributed by atoms with E-state index in [0.29, 0.717) is 23.7 Å². The summed E-state index contributed by atoms with van der Waals surface area (Å²) in [7, 11) is 0. The molecule has 0 radical (unpaired) electrons. The van der Waals surface area contributed by atoms with Crippen molar-refractivity contribution in [2.45, 2.75) is 6.92 Å². The number of thiazole rings is 2. The van der Waals surface area contributed by atoms with E-state index in [1.54, 1.807) is 29.7 Å². The summed E-state index contributed by atoms with van der Waals surface area (Å²) in [6, 6.07) is 10.0. The van der Waals surface area contributed by atoms with E-state index in [9.17, 15) is 9.18 Å². The molecule has 0 atom stereocenters. The van der Waals surface area contributed by atoms with Crippen LogP contribution in [0.15, 0.2) is 42.6 Å². The fourth-order valence-corrected chi connectivity index (χ4v) is 5.45. The number of nitrogens with zero attached hydrogens (tertiary/aromatic N) is 5. The van der Waals surface area contributed by atoms with Gasteiger partial charge in [0.1, 0.15) is 26.0 Å². The Balaban J connectivity index is 1.29. The highest BCUT2D eigenvalue weighted by Crippen LogP contribution is 2.30. The van der Waals surface area contributed by atoms with Gasteiger partial charge in [0.05, 0.1) is 5.69 Å². The van der Waals surface area contributed by atoms with Crippen LogP contribution in [0, 0.1) is 12.7 Å². The number of pyridine rings is 1. The zero-order valence-corrected chi connectivity index (χ0v) is 17.8. The van der Waals surface area contributed by atoms with Gasteiger partial charge in [-0.25, -0.2) is 19.3 Å². The fraction of sp³-hybridized carbons (Fsp3) is 0.238. The maximum Gasteiger partial charge on any atom is 0.265 e. The molecule has 0 saturated carbocycles. The summed E-state index contributed by atoms with van der Waals surface area (Å²) < 4.78 is 13.2. The van der Waals surface area contributed by atoms with Gasteiger partial charge in [-0.05, 0) is 43.3 Å². The Morgan fingerprint density at radius 3 is 2.53 bits per heavy atom. The minimum absolute atomic E-state index is 0.00368. The Kier molecular flexibility index (Phi) is 4.92. The monoisotopic (exact) mass is 439 g/mol. The third-order valence-corrected chi connectivity index (χ3v) is 7.31. The maximum absolute atomic E-state index is 13.2. The predicted octanol–water partition coefficient (Wildman–Crippen LogP) is 4.22. The van der Waals surface area contributed by atoms with Crippen LogP contribution in [0.25, 0.3) is 20.9 Å². The van der Waals surface area contributed by atoms with Gasteiger partial charge in [0.15, 0.2) is 5.13 Å². The average Bonchev–Trinajstić information content (AvgIpc) is 3.37. The summed E-state index contributed by atoms with van der Waals surface area (Å²) in [6.45, 7) is 4.57. The lowest BCUT2D eigenvalue weighted by atomic mass is 10.2. The molecule has 4 aromatic rings. The molecule has 1 fully saturated rings. The molecule has 1 amide bonds. The van der Waals surface area contributed by atoms with Crippen molar-refractivity contribution in [3.63, 3.8) is 0 Å². The highest BCUT2D eigenvalue weighted by molar-refractivity contribution is 7.21. The van der Waals surface area contributed by atoms with Crippen LogP contribution in [-0.4, -0.2) is 51.9 Å². The first-order valence-corrected chi connectivity index (χ1v) is 11.2. The van der Waals surface area contributed by atoms with Crippen molar-refractivity contribution in [2.75, 3.05) is 31.1 Å². The second-order valence-corrected chi connectivity index (χ2v) is 9.00. The van der Waals surface area contributed by atoms with E-state index in [2.05, 4.69) is 19.9 Å². The van der Waals surface area contributed by atoms with Gasteiger partial charge in [-0.15, -0.1) is 11.3 Å². The number of amides is 1. The molecule has 3 aromatic heterocycles. The van der Waals surface area contributed by atoms with Crippen molar-refractivity contribution in [2.24, 2.45) is 0 Å². The van der Waals surface area contributed by atoms with E-state index >= 15 is 0 Å². The molecule has 1 aliphatic heterocycles. The normalized spacial score (nSPS) is 14.5. The molecule has 1 saturated heterocycles. The Hall–Kier alpha value is -2.91. The van der Waals surface area contributed by atoms with Crippen molar-refractivity contribution >= 4 is 44.1 Å². The van der Waals surface area contributed by atoms with Gasteiger partial charge in [-0.3, -0.25) is 4.79 Å². The summed E-state index contributed by atoms with van der Waals surface area (Å²) in [4.78, 5) is 32.3. The molecule has 6 nitrogen and oxygen atoms in total. The molecule has 5 rings (SSSR count). The number of fused-ring (bicyclic) bond motifs is 1. The molecule has 4 heterocycles. The first-order valence-electron chi connectivity index (χ1n) is 9.57. The van der Waals surface area contributed by atoms with E-state index in [1.165, 1.54) is 23.5 Å². The van der Waals surface area contributed by atoms with Gasteiger partial charge in [-0.2, -0.15) is 0 Å². The van der Waals surface area contributed by atoms with E-state index < -0.39 is 0 Å². The Morgan fingerprint density at radius 2 is 1.80 bits per heavy atom. The number of halogens is 1. The first-order chi connectivity index (χ1) is 14.6. The smallest absolute Gasteiger partial charge is 0.265 e. The minimum atomic E-state index is -0.287. The Labute approximate surface area is 180 Å². The number of hydrogen-bond acceptors (Lipinski definition) is 7. The molecule has 0 N–H and O–H groups in total. The van der Waals surface area contributed by atoms with Crippen molar-refractivity contribution in [3.8, 4) is 10.6 Å². The lowest BCUT2D eigenvalue weighted by Crippen LogP contribution is -2.48. The summed E-state index contributed by atoms with van der Waals surface area (Å²) in [5, 5.41) is 1.68. The van der Waals surface area contributed by atoms with E-state index in [-0.39, 0.29) is 11.7 Å². The molecule has 30 heavy (non-hydrogen) atoms. The lowest BCUT2D eigenvalue weighted by Gasteiger charge is -2.34. The first kappa shape index (κ1) is 19.1. The molecule has 152 valence electrons. The topological polar surface area (TPSA) is 62.2 Å². The van der Waals surface area contributed by atoms with E-state index in [1.807, 2.05) is 24.0 Å². The zero-order valence-electron chi connectivity index (χ0n) is 16.2. The van der Waals surface area contributed by atoms with Crippen LogP contribution in [-0.2, 0) is 0 Å². The second kappa shape index (κ2) is 7.73. The largest absolute Gasteiger partial charge is 0.344 e. The number of piperazine rings is 1. The third-order valence-electron chi connectivity index (χ3n) is 5.07. The number of aromatic nitrogens is 3. The van der Waals surface area contributed by atoms with Gasteiger partial charge in [-0.1, -0.05) is 11.3 Å². The molecule has 1 aliphatic rings. The van der Waals surface area contributed by atoms with Gasteiger partial charge < -0.3 is 9.80 Å². The summed E-state index contributed by atoms with van der Waals surface area (Å²) in [5.74, 6) is -0.283. The minimum Gasteiger partial charge on any atom is -0.344 e. The third kappa shape index (κ3) is 3.54. The van der Waals surface area contributed by atoms with Crippen LogP contribution in [0.3, 0.4) is 0 Å². The summed E-state index contributed by atoms with van der Waals surface area (Å²) in [5.41, 5.74) is 2.44. The second-order valence-electron chi connectivity index (χ2n) is 7.04. The number of aryl methyl sites for hydroxylation is 1. The highest BCUT2D eigenvalue weighted by atomic mass is 32.1. The van der Waals surface area contributed by atoms with E-state index in [4.69, 9.17) is 0 Å². The Morgan fingerprint density at radius 1 is 1.03 bits per heavy atom. The number of benzene rings is 1. The molecular formula is C21H18FN5OS2. The van der Waals surface area contributed by atoms with Crippen molar-refractivity contribution in [3.05, 3.63) is 59.0 Å². The fourth-order valence-electron chi connectivity index (χ4n) is 3.45.